The minimum absolute atomic E-state index is 0.0336. The van der Waals surface area contributed by atoms with E-state index in [0.29, 0.717) is 12.8 Å². The van der Waals surface area contributed by atoms with Crippen LogP contribution in [-0.2, 0) is 21.2 Å². The van der Waals surface area contributed by atoms with E-state index in [4.69, 9.17) is 0 Å². The largest absolute Gasteiger partial charge is 0.401 e. The summed E-state index contributed by atoms with van der Waals surface area (Å²) >= 11 is 0. The Kier molecular flexibility index (Phi) is 6.68. The van der Waals surface area contributed by atoms with E-state index in [1.165, 1.54) is 12.1 Å². The molecule has 1 amide bonds. The maximum Gasteiger partial charge on any atom is 0.401 e. The molecule has 1 fully saturated rings. The maximum atomic E-state index is 12.5. The lowest BCUT2D eigenvalue weighted by molar-refractivity contribution is -0.151. The van der Waals surface area contributed by atoms with Crippen molar-refractivity contribution < 1.29 is 26.4 Å². The number of hydrogen-bond acceptors (Lipinski definition) is 4. The van der Waals surface area contributed by atoms with Gasteiger partial charge in [0.15, 0.2) is 0 Å². The average molecular weight is 392 g/mol. The second-order valence-corrected chi connectivity index (χ2v) is 8.24. The summed E-state index contributed by atoms with van der Waals surface area (Å²) in [5, 5.41) is 0. The number of likely N-dealkylation sites (tertiary alicyclic amines) is 1. The molecule has 0 bridgehead atoms. The standard InChI is InChI=1S/C17H23F3N2O3S/c1-2-4-13-6-8-15(9-7-13)26(24,25)21-16(23)14-5-3-10-22(11-14)12-17(18,19)20/h6-9,14H,2-5,10-12H2,1H3,(H,21,23)/t14-/m1/s1. The lowest BCUT2D eigenvalue weighted by Crippen LogP contribution is -2.47. The third kappa shape index (κ3) is 5.98. The molecule has 1 heterocycles. The Morgan fingerprint density at radius 3 is 2.50 bits per heavy atom. The Balaban J connectivity index is 2.00. The Morgan fingerprint density at radius 1 is 1.27 bits per heavy atom. The lowest BCUT2D eigenvalue weighted by Gasteiger charge is -2.32. The van der Waals surface area contributed by atoms with Crippen molar-refractivity contribution in [2.75, 3.05) is 19.6 Å². The molecule has 1 N–H and O–H groups in total. The summed E-state index contributed by atoms with van der Waals surface area (Å²) in [6.45, 7) is 1.06. The van der Waals surface area contributed by atoms with Crippen LogP contribution >= 0.6 is 0 Å². The van der Waals surface area contributed by atoms with Crippen molar-refractivity contribution >= 4 is 15.9 Å². The highest BCUT2D eigenvalue weighted by atomic mass is 32.2. The van der Waals surface area contributed by atoms with Crippen LogP contribution in [0.4, 0.5) is 13.2 Å². The number of carbonyl (C=O) groups excluding carboxylic acids is 1. The van der Waals surface area contributed by atoms with E-state index in [1.54, 1.807) is 12.1 Å². The van der Waals surface area contributed by atoms with E-state index in [2.05, 4.69) is 0 Å². The van der Waals surface area contributed by atoms with Crippen LogP contribution in [0.2, 0.25) is 0 Å². The molecule has 5 nitrogen and oxygen atoms in total. The number of carbonyl (C=O) groups is 1. The predicted molar refractivity (Wildman–Crippen MR) is 91.0 cm³/mol. The molecule has 146 valence electrons. The van der Waals surface area contributed by atoms with Gasteiger partial charge in [0.1, 0.15) is 0 Å². The summed E-state index contributed by atoms with van der Waals surface area (Å²) in [6, 6.07) is 6.23. The SMILES string of the molecule is CCCc1ccc(S(=O)(=O)NC(=O)[C@@H]2CCCN(CC(F)(F)F)C2)cc1. The summed E-state index contributed by atoms with van der Waals surface area (Å²) in [5.74, 6) is -1.53. The smallest absolute Gasteiger partial charge is 0.294 e. The molecule has 1 aromatic rings. The molecule has 0 aliphatic carbocycles. The fourth-order valence-electron chi connectivity index (χ4n) is 3.07. The molecule has 2 rings (SSSR count). The number of halogens is 3. The number of rotatable bonds is 6. The summed E-state index contributed by atoms with van der Waals surface area (Å²) in [6.07, 6.45) is -1.81. The van der Waals surface area contributed by atoms with Crippen LogP contribution in [0.3, 0.4) is 0 Å². The Labute approximate surface area is 151 Å². The van der Waals surface area contributed by atoms with Crippen molar-refractivity contribution in [1.29, 1.82) is 0 Å². The van der Waals surface area contributed by atoms with Crippen LogP contribution in [0.25, 0.3) is 0 Å². The van der Waals surface area contributed by atoms with Crippen LogP contribution in [0.1, 0.15) is 31.7 Å². The van der Waals surface area contributed by atoms with Gasteiger partial charge in [0, 0.05) is 6.54 Å². The van der Waals surface area contributed by atoms with Gasteiger partial charge in [-0.15, -0.1) is 0 Å². The van der Waals surface area contributed by atoms with E-state index in [1.807, 2.05) is 11.6 Å². The molecule has 1 atom stereocenters. The van der Waals surface area contributed by atoms with Gasteiger partial charge in [0.2, 0.25) is 5.91 Å². The highest BCUT2D eigenvalue weighted by molar-refractivity contribution is 7.90. The van der Waals surface area contributed by atoms with Gasteiger partial charge in [-0.05, 0) is 43.5 Å². The van der Waals surface area contributed by atoms with Gasteiger partial charge in [-0.3, -0.25) is 9.69 Å². The van der Waals surface area contributed by atoms with E-state index in [9.17, 15) is 26.4 Å². The van der Waals surface area contributed by atoms with Gasteiger partial charge in [-0.2, -0.15) is 13.2 Å². The van der Waals surface area contributed by atoms with Gasteiger partial charge in [-0.1, -0.05) is 25.5 Å². The molecule has 1 aromatic carbocycles. The normalized spacial score (nSPS) is 19.3. The minimum Gasteiger partial charge on any atom is -0.294 e. The summed E-state index contributed by atoms with van der Waals surface area (Å²) in [7, 11) is -4.03. The zero-order valence-corrected chi connectivity index (χ0v) is 15.4. The van der Waals surface area contributed by atoms with Gasteiger partial charge in [0.05, 0.1) is 17.4 Å². The Bertz CT molecular complexity index is 718. The number of hydrogen-bond donors (Lipinski definition) is 1. The number of aryl methyl sites for hydroxylation is 1. The number of benzene rings is 1. The first-order chi connectivity index (χ1) is 12.1. The van der Waals surface area contributed by atoms with Crippen molar-refractivity contribution in [2.24, 2.45) is 5.92 Å². The van der Waals surface area contributed by atoms with Gasteiger partial charge in [-0.25, -0.2) is 13.1 Å². The van der Waals surface area contributed by atoms with Gasteiger partial charge in [0.25, 0.3) is 10.0 Å². The predicted octanol–water partition coefficient (Wildman–Crippen LogP) is 2.72. The molecule has 0 saturated carbocycles. The molecule has 1 saturated heterocycles. The summed E-state index contributed by atoms with van der Waals surface area (Å²) in [5.41, 5.74) is 0.993. The number of alkyl halides is 3. The molecule has 0 radical (unpaired) electrons. The van der Waals surface area contributed by atoms with E-state index < -0.39 is 34.6 Å². The number of nitrogens with one attached hydrogen (secondary N) is 1. The van der Waals surface area contributed by atoms with E-state index >= 15 is 0 Å². The van der Waals surface area contributed by atoms with E-state index in [0.717, 1.165) is 23.3 Å². The van der Waals surface area contributed by atoms with Crippen molar-refractivity contribution in [3.8, 4) is 0 Å². The van der Waals surface area contributed by atoms with Crippen LogP contribution < -0.4 is 4.72 Å². The molecule has 0 unspecified atom stereocenters. The topological polar surface area (TPSA) is 66.5 Å². The minimum atomic E-state index is -4.34. The number of piperidine rings is 1. The van der Waals surface area contributed by atoms with Crippen LogP contribution in [0, 0.1) is 5.92 Å². The molecular formula is C17H23F3N2O3S. The molecule has 1 aliphatic heterocycles. The van der Waals surface area contributed by atoms with Crippen LogP contribution in [0.5, 0.6) is 0 Å². The Morgan fingerprint density at radius 2 is 1.92 bits per heavy atom. The first-order valence-corrected chi connectivity index (χ1v) is 10.0. The zero-order valence-electron chi connectivity index (χ0n) is 14.6. The van der Waals surface area contributed by atoms with Crippen LogP contribution in [-0.4, -0.2) is 45.0 Å². The van der Waals surface area contributed by atoms with Gasteiger partial charge >= 0.3 is 6.18 Å². The molecular weight excluding hydrogens is 369 g/mol. The maximum absolute atomic E-state index is 12.5. The first-order valence-electron chi connectivity index (χ1n) is 8.55. The van der Waals surface area contributed by atoms with Crippen LogP contribution in [0.15, 0.2) is 29.2 Å². The van der Waals surface area contributed by atoms with Crippen molar-refractivity contribution in [2.45, 2.75) is 43.7 Å². The highest BCUT2D eigenvalue weighted by Gasteiger charge is 2.35. The molecule has 9 heteroatoms. The van der Waals surface area contributed by atoms with Gasteiger partial charge < -0.3 is 0 Å². The zero-order chi connectivity index (χ0) is 19.4. The molecule has 1 aliphatic rings. The first kappa shape index (κ1) is 20.7. The number of sulfonamides is 1. The molecule has 26 heavy (non-hydrogen) atoms. The second kappa shape index (κ2) is 8.39. The third-order valence-electron chi connectivity index (χ3n) is 4.29. The number of nitrogens with zero attached hydrogens (tertiary/aromatic N) is 1. The van der Waals surface area contributed by atoms with Crippen molar-refractivity contribution in [3.05, 3.63) is 29.8 Å². The molecule has 0 aromatic heterocycles. The summed E-state index contributed by atoms with van der Waals surface area (Å²) < 4.78 is 64.2. The second-order valence-electron chi connectivity index (χ2n) is 6.55. The summed E-state index contributed by atoms with van der Waals surface area (Å²) in [4.78, 5) is 13.4. The fraction of sp³-hybridized carbons (Fsp3) is 0.588. The van der Waals surface area contributed by atoms with Crippen molar-refractivity contribution in [3.63, 3.8) is 0 Å². The Hall–Kier alpha value is -1.61. The third-order valence-corrected chi connectivity index (χ3v) is 5.65. The highest BCUT2D eigenvalue weighted by Crippen LogP contribution is 2.23. The molecule has 0 spiro atoms. The number of amides is 1. The fourth-order valence-corrected chi connectivity index (χ4v) is 4.11. The van der Waals surface area contributed by atoms with E-state index in [-0.39, 0.29) is 18.0 Å². The quantitative estimate of drug-likeness (QED) is 0.809. The van der Waals surface area contributed by atoms with Crippen molar-refractivity contribution in [1.82, 2.24) is 9.62 Å². The lowest BCUT2D eigenvalue weighted by atomic mass is 9.97. The monoisotopic (exact) mass is 392 g/mol. The average Bonchev–Trinajstić information content (AvgIpc) is 2.54.